The number of isothiocyanates is 2. The van der Waals surface area contributed by atoms with Crippen LogP contribution in [0, 0.1) is 0 Å². The summed E-state index contributed by atoms with van der Waals surface area (Å²) in [5.74, 6) is 1.60. The van der Waals surface area contributed by atoms with Gasteiger partial charge in [0.25, 0.3) is 0 Å². The van der Waals surface area contributed by atoms with Gasteiger partial charge in [0.05, 0.1) is 44.1 Å². The maximum absolute atomic E-state index is 7.13. The van der Waals surface area contributed by atoms with Crippen LogP contribution in [-0.2, 0) is 17.1 Å². The minimum Gasteiger partial charge on any atom is -0.753 e. The van der Waals surface area contributed by atoms with Gasteiger partial charge < -0.3 is 20.8 Å². The van der Waals surface area contributed by atoms with Crippen LogP contribution in [0.15, 0.2) is 122 Å². The molecule has 8 heterocycles. The van der Waals surface area contributed by atoms with E-state index >= 15 is 0 Å². The van der Waals surface area contributed by atoms with Crippen LogP contribution in [-0.4, -0.2) is 60.2 Å². The summed E-state index contributed by atoms with van der Waals surface area (Å²) in [6.45, 7) is 0. The molecule has 12 nitrogen and oxygen atoms in total. The third-order valence-electron chi connectivity index (χ3n) is 8.01. The van der Waals surface area contributed by atoms with Gasteiger partial charge in [0, 0.05) is 82.2 Å². The summed E-state index contributed by atoms with van der Waals surface area (Å²) in [4.78, 5) is 42.9. The van der Waals surface area contributed by atoms with Gasteiger partial charge in [0.2, 0.25) is 0 Å². The molecule has 0 saturated carbocycles. The summed E-state index contributed by atoms with van der Waals surface area (Å²) in [5.41, 5.74) is 9.21. The predicted octanol–water partition coefficient (Wildman–Crippen LogP) is 8.76. The van der Waals surface area contributed by atoms with Crippen molar-refractivity contribution in [2.75, 3.05) is 0 Å². The zero-order valence-electron chi connectivity index (χ0n) is 27.2. The van der Waals surface area contributed by atoms with Crippen LogP contribution in [0.3, 0.4) is 0 Å². The molecule has 0 aliphatic heterocycles. The first-order valence-electron chi connectivity index (χ1n) is 15.5. The normalized spacial score (nSPS) is 10.3. The minimum atomic E-state index is 0. The Morgan fingerprint density at radius 3 is 1.11 bits per heavy atom. The maximum Gasteiger partial charge on any atom is 2.00 e. The van der Waals surface area contributed by atoms with Gasteiger partial charge >= 0.3 is 17.1 Å². The summed E-state index contributed by atoms with van der Waals surface area (Å²) >= 11 is 7.40. The molecule has 10 rings (SSSR count). The molecule has 0 aliphatic carbocycles. The van der Waals surface area contributed by atoms with Gasteiger partial charge in [-0.3, -0.25) is 29.9 Å². The van der Waals surface area contributed by atoms with Gasteiger partial charge in [-0.1, -0.05) is 24.4 Å². The molecule has 15 heteroatoms. The largest absolute Gasteiger partial charge is 2.00 e. The fourth-order valence-corrected chi connectivity index (χ4v) is 5.97. The Morgan fingerprint density at radius 2 is 0.774 bits per heavy atom. The zero-order valence-corrected chi connectivity index (χ0v) is 29.9. The van der Waals surface area contributed by atoms with Crippen molar-refractivity contribution in [3.63, 3.8) is 0 Å². The molecular formula is C38H22FeN12S2. The molecule has 0 fully saturated rings. The topological polar surface area (TPSA) is 179 Å². The minimum absolute atomic E-state index is 0. The number of nitrogens with one attached hydrogen (secondary N) is 2. The SMILES string of the molecule is [Fe+2].[N-]=C=S.[N-]=C=S.c1cncc(-c2nc3c4cccnc4c4ncccc4c3[nH]2)c1.c1cncc(-c2nc3c4cccnc4c4ncccc4c3[nH]2)c1. The Kier molecular flexibility index (Phi) is 11.4. The molecule has 2 N–H and O–H groups in total. The number of aromatic amines is 2. The second-order valence-electron chi connectivity index (χ2n) is 10.9. The number of rotatable bonds is 2. The Bertz CT molecular complexity index is 2580. The Labute approximate surface area is 321 Å². The van der Waals surface area contributed by atoms with E-state index in [9.17, 15) is 0 Å². The number of benzene rings is 2. The third kappa shape index (κ3) is 7.16. The van der Waals surface area contributed by atoms with Crippen LogP contribution >= 0.6 is 24.4 Å². The Morgan fingerprint density at radius 1 is 0.453 bits per heavy atom. The molecule has 53 heavy (non-hydrogen) atoms. The van der Waals surface area contributed by atoms with Gasteiger partial charge in [-0.2, -0.15) is 10.3 Å². The monoisotopic (exact) mass is 766 g/mol. The Balaban J connectivity index is 0.000000156. The molecule has 0 bridgehead atoms. The van der Waals surface area contributed by atoms with Crippen molar-refractivity contribution in [1.82, 2.24) is 49.8 Å². The first-order valence-corrected chi connectivity index (χ1v) is 16.3. The molecule has 0 unspecified atom stereocenters. The van der Waals surface area contributed by atoms with Crippen LogP contribution in [0.1, 0.15) is 0 Å². The van der Waals surface area contributed by atoms with E-state index < -0.39 is 0 Å². The van der Waals surface area contributed by atoms with Crippen LogP contribution < -0.4 is 0 Å². The van der Waals surface area contributed by atoms with Crippen molar-refractivity contribution in [3.8, 4) is 22.8 Å². The van der Waals surface area contributed by atoms with E-state index in [1.54, 1.807) is 49.6 Å². The van der Waals surface area contributed by atoms with Crippen LogP contribution in [0.25, 0.3) is 99.3 Å². The summed E-state index contributed by atoms with van der Waals surface area (Å²) in [5, 5.41) is 21.0. The number of aromatic nitrogens is 10. The molecular weight excluding hydrogens is 744 g/mol. The second kappa shape index (κ2) is 16.6. The first kappa shape index (κ1) is 36.2. The van der Waals surface area contributed by atoms with E-state index in [1.807, 2.05) is 72.8 Å². The number of thiocarbonyl (C=S) groups is 2. The van der Waals surface area contributed by atoms with Crippen molar-refractivity contribution >= 4 is 100 Å². The number of hydrogen-bond acceptors (Lipinski definition) is 10. The van der Waals surface area contributed by atoms with E-state index in [2.05, 4.69) is 64.3 Å². The molecule has 8 aromatic heterocycles. The van der Waals surface area contributed by atoms with Gasteiger partial charge in [-0.05, 0) is 72.8 Å². The number of imidazole rings is 2. The number of nitrogens with zero attached hydrogens (tertiary/aromatic N) is 10. The van der Waals surface area contributed by atoms with E-state index in [-0.39, 0.29) is 17.1 Å². The summed E-state index contributed by atoms with van der Waals surface area (Å²) in [7, 11) is 0. The van der Waals surface area contributed by atoms with Gasteiger partial charge in [-0.25, -0.2) is 9.97 Å². The molecule has 0 aliphatic rings. The standard InChI is InChI=1S/2C18H11N5.2CNS.Fe/c2*1-4-11(10-19-7-1)18-22-16-12-5-2-8-20-14(12)15-13(17(16)23-18)6-3-9-21-15;2*2-1-3;/h2*1-10H,(H,22,23);;;/q;;2*-1;+2. The van der Waals surface area contributed by atoms with E-state index in [1.165, 1.54) is 10.3 Å². The molecule has 10 aromatic rings. The summed E-state index contributed by atoms with van der Waals surface area (Å²) in [6, 6.07) is 23.7. The van der Waals surface area contributed by atoms with Crippen molar-refractivity contribution in [3.05, 3.63) is 133 Å². The fraction of sp³-hybridized carbons (Fsp3) is 0. The molecule has 0 saturated heterocycles. The quantitative estimate of drug-likeness (QED) is 0.0748. The number of pyridine rings is 6. The van der Waals surface area contributed by atoms with Crippen LogP contribution in [0.2, 0.25) is 0 Å². The zero-order chi connectivity index (χ0) is 35.9. The number of hydrogen-bond donors (Lipinski definition) is 2. The molecule has 0 atom stereocenters. The summed E-state index contributed by atoms with van der Waals surface area (Å²) < 4.78 is 0. The fourth-order valence-electron chi connectivity index (χ4n) is 5.97. The summed E-state index contributed by atoms with van der Waals surface area (Å²) in [6.07, 6.45) is 14.3. The molecule has 0 spiro atoms. The number of H-pyrrole nitrogens is 2. The van der Waals surface area contributed by atoms with Crippen molar-refractivity contribution in [1.29, 1.82) is 0 Å². The molecule has 0 amide bonds. The third-order valence-corrected chi connectivity index (χ3v) is 8.01. The molecule has 2 aromatic carbocycles. The average molecular weight is 767 g/mol. The van der Waals surface area contributed by atoms with Crippen molar-refractivity contribution in [2.24, 2.45) is 0 Å². The average Bonchev–Trinajstić information content (AvgIpc) is 3.87. The van der Waals surface area contributed by atoms with E-state index in [0.717, 1.165) is 88.5 Å². The van der Waals surface area contributed by atoms with Gasteiger partial charge in [-0.15, -0.1) is 0 Å². The van der Waals surface area contributed by atoms with Crippen LogP contribution in [0.5, 0.6) is 0 Å². The number of fused-ring (bicyclic) bond motifs is 12. The second-order valence-corrected chi connectivity index (χ2v) is 11.2. The predicted molar refractivity (Wildman–Crippen MR) is 212 cm³/mol. The van der Waals surface area contributed by atoms with Gasteiger partial charge in [0.1, 0.15) is 11.6 Å². The molecule has 0 radical (unpaired) electrons. The van der Waals surface area contributed by atoms with Crippen molar-refractivity contribution in [2.45, 2.75) is 0 Å². The Hall–Kier alpha value is -6.56. The van der Waals surface area contributed by atoms with Gasteiger partial charge in [0.15, 0.2) is 0 Å². The first-order chi connectivity index (χ1) is 25.7. The van der Waals surface area contributed by atoms with E-state index in [0.29, 0.717) is 0 Å². The van der Waals surface area contributed by atoms with Crippen molar-refractivity contribution < 1.29 is 17.1 Å². The smallest absolute Gasteiger partial charge is 0.753 e. The van der Waals surface area contributed by atoms with E-state index in [4.69, 9.17) is 20.8 Å². The van der Waals surface area contributed by atoms with Crippen LogP contribution in [0.4, 0.5) is 0 Å². The molecule has 254 valence electrons. The maximum atomic E-state index is 7.13.